The van der Waals surface area contributed by atoms with Crippen LogP contribution in [0.3, 0.4) is 0 Å². The average Bonchev–Trinajstić information content (AvgIpc) is 1.69. The molecule has 0 atom stereocenters. The Morgan fingerprint density at radius 2 is 1.62 bits per heavy atom. The number of unbranched alkanes of at least 4 members (excludes halogenated alkanes) is 1. The van der Waals surface area contributed by atoms with Crippen LogP contribution in [-0.4, -0.2) is 0 Å². The van der Waals surface area contributed by atoms with Gasteiger partial charge in [-0.2, -0.15) is 6.42 Å². The Morgan fingerprint density at radius 3 is 1.62 bits per heavy atom. The summed E-state index contributed by atoms with van der Waals surface area (Å²) in [6, 6.07) is 0. The van der Waals surface area contributed by atoms with E-state index in [1.807, 2.05) is 0 Å². The molecule has 0 heterocycles. The summed E-state index contributed by atoms with van der Waals surface area (Å²) in [7, 11) is 9.87. The van der Waals surface area contributed by atoms with E-state index >= 15 is 0 Å². The van der Waals surface area contributed by atoms with E-state index in [1.165, 1.54) is 6.42 Å². The van der Waals surface area contributed by atoms with E-state index in [-0.39, 0.29) is 6.15 Å². The van der Waals surface area contributed by atoms with Crippen molar-refractivity contribution in [1.82, 2.24) is 0 Å². The second kappa shape index (κ2) is 23.7. The molecule has 0 aliphatic carbocycles. The summed E-state index contributed by atoms with van der Waals surface area (Å²) in [5, 5.41) is 0. The van der Waals surface area contributed by atoms with Gasteiger partial charge in [0.05, 0.1) is 0 Å². The van der Waals surface area contributed by atoms with Gasteiger partial charge in [0, 0.05) is 0 Å². The van der Waals surface area contributed by atoms with Gasteiger partial charge in [0.25, 0.3) is 0 Å². The Hall–Kier alpha value is 1.42. The Bertz CT molecular complexity index is 21.5. The zero-order valence-electron chi connectivity index (χ0n) is 4.95. The zero-order valence-corrected chi connectivity index (χ0v) is 8.92. The predicted octanol–water partition coefficient (Wildman–Crippen LogP) is 3.71. The third kappa shape index (κ3) is 52.2. The number of hydrogen-bond donors (Lipinski definition) is 0. The summed E-state index contributed by atoms with van der Waals surface area (Å²) in [5.41, 5.74) is 0. The second-order valence-corrected chi connectivity index (χ2v) is 4.66. The van der Waals surface area contributed by atoms with Crippen LogP contribution in [0.25, 0.3) is 6.15 Å². The fourth-order valence-corrected chi connectivity index (χ4v) is 0. The van der Waals surface area contributed by atoms with Crippen molar-refractivity contribution >= 4 is 17.0 Å². The molecule has 0 saturated carbocycles. The predicted molar refractivity (Wildman–Crippen MR) is 37.3 cm³/mol. The first-order valence-corrected chi connectivity index (χ1v) is 8.42. The van der Waals surface area contributed by atoms with Crippen molar-refractivity contribution in [3.05, 3.63) is 13.1 Å². The SMILES string of the molecule is [CH2-]CCC.[Cl][Zr+2][Cl].[NH2-]. The summed E-state index contributed by atoms with van der Waals surface area (Å²) >= 11 is -0.826. The molecule has 0 aromatic carbocycles. The minimum Gasteiger partial charge on any atom is -0.693 e. The molecular weight excluding hydrogens is 224 g/mol. The standard InChI is InChI=1S/C4H9.2ClH.H2N.Zr/c1-3-4-2;;;;/h1,3-4H2,2H3;2*1H;1H2;/q-1;;;-1;+4/p-2. The molecule has 0 aliphatic rings. The van der Waals surface area contributed by atoms with Gasteiger partial charge in [0.2, 0.25) is 0 Å². The molecule has 2 N–H and O–H groups in total. The van der Waals surface area contributed by atoms with Crippen LogP contribution in [0.2, 0.25) is 0 Å². The van der Waals surface area contributed by atoms with E-state index in [0.717, 1.165) is 6.42 Å². The van der Waals surface area contributed by atoms with E-state index < -0.39 is 20.8 Å². The summed E-state index contributed by atoms with van der Waals surface area (Å²) in [4.78, 5) is 0. The maximum absolute atomic E-state index is 4.93. The van der Waals surface area contributed by atoms with Gasteiger partial charge in [0.15, 0.2) is 0 Å². The van der Waals surface area contributed by atoms with Crippen molar-refractivity contribution in [3.63, 3.8) is 0 Å². The summed E-state index contributed by atoms with van der Waals surface area (Å²) in [5.74, 6) is 0. The van der Waals surface area contributed by atoms with E-state index in [0.29, 0.717) is 0 Å². The molecule has 8 heavy (non-hydrogen) atoms. The molecule has 0 saturated heterocycles. The molecule has 0 bridgehead atoms. The Balaban J connectivity index is -0.0000000575. The maximum atomic E-state index is 4.93. The molecule has 0 aliphatic heterocycles. The fraction of sp³-hybridized carbons (Fsp3) is 0.750. The zero-order chi connectivity index (χ0) is 6.12. The van der Waals surface area contributed by atoms with Crippen LogP contribution in [0.4, 0.5) is 0 Å². The van der Waals surface area contributed by atoms with Gasteiger partial charge < -0.3 is 13.1 Å². The van der Waals surface area contributed by atoms with E-state index in [2.05, 4.69) is 13.8 Å². The molecule has 0 fully saturated rings. The van der Waals surface area contributed by atoms with E-state index in [9.17, 15) is 0 Å². The Kier molecular flexibility index (Phi) is 48.1. The molecule has 0 spiro atoms. The smallest absolute Gasteiger partial charge is 0.693 e. The first-order chi connectivity index (χ1) is 3.33. The third-order valence-corrected chi connectivity index (χ3v) is 0.354. The van der Waals surface area contributed by atoms with E-state index in [4.69, 9.17) is 17.0 Å². The molecule has 0 unspecified atom stereocenters. The average molecular weight is 235 g/mol. The number of hydrogen-bond acceptors (Lipinski definition) is 0. The van der Waals surface area contributed by atoms with Crippen LogP contribution < -0.4 is 0 Å². The molecule has 0 radical (unpaired) electrons. The normalized spacial score (nSPS) is 5.00. The largest absolute Gasteiger partial charge is 0.693 e. The molecule has 0 rings (SSSR count). The quantitative estimate of drug-likeness (QED) is 0.621. The number of halogens is 2. The number of rotatable bonds is 1. The van der Waals surface area contributed by atoms with Gasteiger partial charge in [-0.3, -0.25) is 0 Å². The van der Waals surface area contributed by atoms with E-state index in [1.54, 1.807) is 0 Å². The van der Waals surface area contributed by atoms with Gasteiger partial charge in [0.1, 0.15) is 0 Å². The molecule has 1 nitrogen and oxygen atoms in total. The molecule has 0 aromatic heterocycles. The molecule has 0 amide bonds. The van der Waals surface area contributed by atoms with Gasteiger partial charge in [-0.1, -0.05) is 13.3 Å². The molecule has 0 aromatic rings. The Labute approximate surface area is 70.4 Å². The van der Waals surface area contributed by atoms with Crippen LogP contribution in [0, 0.1) is 6.92 Å². The first kappa shape index (κ1) is 16.2. The van der Waals surface area contributed by atoms with Gasteiger partial charge in [-0.15, -0.1) is 0 Å². The van der Waals surface area contributed by atoms with Crippen molar-refractivity contribution in [1.29, 1.82) is 0 Å². The van der Waals surface area contributed by atoms with Gasteiger partial charge >= 0.3 is 37.9 Å². The minimum atomic E-state index is -0.826. The first-order valence-electron chi connectivity index (χ1n) is 2.09. The summed E-state index contributed by atoms with van der Waals surface area (Å²) in [6.07, 6.45) is 2.28. The number of nitrogens with two attached hydrogens (primary N) is 1. The monoisotopic (exact) mass is 233 g/mol. The second-order valence-electron chi connectivity index (χ2n) is 0.925. The molecule has 4 heteroatoms. The van der Waals surface area contributed by atoms with Gasteiger partial charge in [-0.25, -0.2) is 0 Å². The summed E-state index contributed by atoms with van der Waals surface area (Å²) < 4.78 is 0. The summed E-state index contributed by atoms with van der Waals surface area (Å²) in [6.45, 7) is 5.72. The Morgan fingerprint density at radius 1 is 1.50 bits per heavy atom. The van der Waals surface area contributed by atoms with Crippen molar-refractivity contribution in [3.8, 4) is 0 Å². The topological polar surface area (TPSA) is 33.5 Å². The molecule has 50 valence electrons. The minimum absolute atomic E-state index is 0. The van der Waals surface area contributed by atoms with Crippen molar-refractivity contribution < 1.29 is 20.8 Å². The molecular formula is C4H11Cl2NZr. The fourth-order valence-electron chi connectivity index (χ4n) is 0. The van der Waals surface area contributed by atoms with Crippen LogP contribution in [0.5, 0.6) is 0 Å². The van der Waals surface area contributed by atoms with Crippen molar-refractivity contribution in [2.24, 2.45) is 0 Å². The van der Waals surface area contributed by atoms with Crippen LogP contribution in [0.1, 0.15) is 19.8 Å². The van der Waals surface area contributed by atoms with Crippen LogP contribution >= 0.6 is 17.0 Å². The maximum Gasteiger partial charge on any atom is -0.693 e. The van der Waals surface area contributed by atoms with Gasteiger partial charge in [-0.05, 0) is 0 Å². The van der Waals surface area contributed by atoms with Crippen LogP contribution in [-0.2, 0) is 20.8 Å². The van der Waals surface area contributed by atoms with Crippen LogP contribution in [0.15, 0.2) is 0 Å². The third-order valence-electron chi connectivity index (χ3n) is 0.354. The van der Waals surface area contributed by atoms with Crippen molar-refractivity contribution in [2.45, 2.75) is 19.8 Å². The van der Waals surface area contributed by atoms with Crippen molar-refractivity contribution in [2.75, 3.05) is 0 Å².